The molecule has 0 aliphatic carbocycles. The van der Waals surface area contributed by atoms with Crippen molar-refractivity contribution in [3.05, 3.63) is 22.2 Å². The van der Waals surface area contributed by atoms with Crippen molar-refractivity contribution in [2.24, 2.45) is 0 Å². The highest BCUT2D eigenvalue weighted by Crippen LogP contribution is 2.00. The lowest BCUT2D eigenvalue weighted by Gasteiger charge is -2.00. The summed E-state index contributed by atoms with van der Waals surface area (Å²) in [5.74, 6) is 1.02. The number of rotatable bonds is 3. The highest BCUT2D eigenvalue weighted by Gasteiger charge is 1.94. The van der Waals surface area contributed by atoms with E-state index >= 15 is 0 Å². The standard InChI is InChI=1S/C9H14N2S/c1-3-4-5-8-10-7(2)6-9(12)11-8/h6H,3-5H2,1-2H3,(H,10,11,12). The molecule has 0 spiro atoms. The fourth-order valence-electron chi connectivity index (χ4n) is 1.10. The van der Waals surface area contributed by atoms with Crippen molar-refractivity contribution in [3.8, 4) is 0 Å². The van der Waals surface area contributed by atoms with E-state index in [4.69, 9.17) is 12.2 Å². The van der Waals surface area contributed by atoms with Crippen LogP contribution in [0, 0.1) is 11.6 Å². The number of aromatic amines is 1. The van der Waals surface area contributed by atoms with Gasteiger partial charge in [0.15, 0.2) is 0 Å². The van der Waals surface area contributed by atoms with Crippen LogP contribution in [0.2, 0.25) is 0 Å². The molecule has 1 rings (SSSR count). The molecule has 0 saturated carbocycles. The molecule has 0 amide bonds. The van der Waals surface area contributed by atoms with Crippen molar-refractivity contribution >= 4 is 12.2 Å². The molecule has 0 aromatic carbocycles. The molecule has 66 valence electrons. The summed E-state index contributed by atoms with van der Waals surface area (Å²) < 4.78 is 0.692. The highest BCUT2D eigenvalue weighted by molar-refractivity contribution is 7.71. The molecule has 0 fully saturated rings. The lowest BCUT2D eigenvalue weighted by atomic mass is 10.2. The predicted octanol–water partition coefficient (Wildman–Crippen LogP) is 2.79. The SMILES string of the molecule is CCCCc1nc(=S)cc(C)[nH]1. The van der Waals surface area contributed by atoms with Gasteiger partial charge in [0.2, 0.25) is 0 Å². The third kappa shape index (κ3) is 2.74. The molecule has 0 unspecified atom stereocenters. The summed E-state index contributed by atoms with van der Waals surface area (Å²) in [7, 11) is 0. The molecular formula is C9H14N2S. The first kappa shape index (κ1) is 9.39. The zero-order valence-corrected chi connectivity index (χ0v) is 8.37. The van der Waals surface area contributed by atoms with Gasteiger partial charge in [0.05, 0.1) is 0 Å². The Morgan fingerprint density at radius 3 is 2.92 bits per heavy atom. The van der Waals surface area contributed by atoms with Crippen molar-refractivity contribution in [1.82, 2.24) is 9.97 Å². The van der Waals surface area contributed by atoms with Crippen LogP contribution >= 0.6 is 12.2 Å². The van der Waals surface area contributed by atoms with Crippen molar-refractivity contribution in [2.75, 3.05) is 0 Å². The van der Waals surface area contributed by atoms with Crippen LogP contribution in [0.25, 0.3) is 0 Å². The van der Waals surface area contributed by atoms with Gasteiger partial charge in [-0.15, -0.1) is 0 Å². The number of H-pyrrole nitrogens is 1. The van der Waals surface area contributed by atoms with E-state index in [0.29, 0.717) is 4.64 Å². The van der Waals surface area contributed by atoms with E-state index < -0.39 is 0 Å². The van der Waals surface area contributed by atoms with Crippen LogP contribution in [0.1, 0.15) is 31.3 Å². The fraction of sp³-hybridized carbons (Fsp3) is 0.556. The van der Waals surface area contributed by atoms with Gasteiger partial charge in [0.25, 0.3) is 0 Å². The minimum absolute atomic E-state index is 0.692. The van der Waals surface area contributed by atoms with E-state index in [-0.39, 0.29) is 0 Å². The lowest BCUT2D eigenvalue weighted by Crippen LogP contribution is -1.96. The summed E-state index contributed by atoms with van der Waals surface area (Å²) in [4.78, 5) is 7.44. The second-order valence-electron chi connectivity index (χ2n) is 2.95. The van der Waals surface area contributed by atoms with Crippen LogP contribution in [0.5, 0.6) is 0 Å². The molecule has 2 nitrogen and oxygen atoms in total. The Morgan fingerprint density at radius 2 is 2.33 bits per heavy atom. The molecule has 12 heavy (non-hydrogen) atoms. The molecule has 0 aliphatic rings. The minimum Gasteiger partial charge on any atom is -0.347 e. The van der Waals surface area contributed by atoms with Crippen LogP contribution in [-0.4, -0.2) is 9.97 Å². The van der Waals surface area contributed by atoms with E-state index in [1.54, 1.807) is 0 Å². The van der Waals surface area contributed by atoms with E-state index in [1.807, 2.05) is 13.0 Å². The summed E-state index contributed by atoms with van der Waals surface area (Å²) in [5.41, 5.74) is 1.10. The first-order valence-electron chi connectivity index (χ1n) is 4.29. The van der Waals surface area contributed by atoms with Crippen LogP contribution in [0.3, 0.4) is 0 Å². The van der Waals surface area contributed by atoms with Gasteiger partial charge in [-0.1, -0.05) is 25.6 Å². The maximum absolute atomic E-state index is 5.01. The largest absolute Gasteiger partial charge is 0.347 e. The zero-order valence-electron chi connectivity index (χ0n) is 7.55. The van der Waals surface area contributed by atoms with Crippen molar-refractivity contribution in [1.29, 1.82) is 0 Å². The number of unbranched alkanes of at least 4 members (excludes halogenated alkanes) is 1. The van der Waals surface area contributed by atoms with Gasteiger partial charge in [-0.05, 0) is 19.4 Å². The third-order valence-corrected chi connectivity index (χ3v) is 1.90. The van der Waals surface area contributed by atoms with Gasteiger partial charge in [-0.2, -0.15) is 0 Å². The molecule has 1 aromatic heterocycles. The topological polar surface area (TPSA) is 28.7 Å². The van der Waals surface area contributed by atoms with Gasteiger partial charge in [0, 0.05) is 12.1 Å². The quantitative estimate of drug-likeness (QED) is 0.728. The van der Waals surface area contributed by atoms with Crippen LogP contribution in [0.4, 0.5) is 0 Å². The van der Waals surface area contributed by atoms with Gasteiger partial charge < -0.3 is 4.98 Å². The molecule has 3 heteroatoms. The monoisotopic (exact) mass is 182 g/mol. The first-order chi connectivity index (χ1) is 5.72. The summed E-state index contributed by atoms with van der Waals surface area (Å²) in [6.45, 7) is 4.18. The van der Waals surface area contributed by atoms with Crippen molar-refractivity contribution in [3.63, 3.8) is 0 Å². The van der Waals surface area contributed by atoms with E-state index in [9.17, 15) is 0 Å². The van der Waals surface area contributed by atoms with Crippen molar-refractivity contribution < 1.29 is 0 Å². The van der Waals surface area contributed by atoms with Crippen LogP contribution in [-0.2, 0) is 6.42 Å². The average molecular weight is 182 g/mol. The predicted molar refractivity (Wildman–Crippen MR) is 52.8 cm³/mol. The van der Waals surface area contributed by atoms with Gasteiger partial charge in [0.1, 0.15) is 10.5 Å². The van der Waals surface area contributed by atoms with Gasteiger partial charge >= 0.3 is 0 Å². The lowest BCUT2D eigenvalue weighted by molar-refractivity contribution is 0.746. The zero-order chi connectivity index (χ0) is 8.97. The molecule has 0 aliphatic heterocycles. The van der Waals surface area contributed by atoms with Gasteiger partial charge in [-0.25, -0.2) is 4.98 Å². The van der Waals surface area contributed by atoms with E-state index in [2.05, 4.69) is 16.9 Å². The van der Waals surface area contributed by atoms with Gasteiger partial charge in [-0.3, -0.25) is 0 Å². The molecule has 1 aromatic rings. The Bertz CT molecular complexity index is 304. The Labute approximate surface area is 78.1 Å². The molecule has 0 bridgehead atoms. The maximum Gasteiger partial charge on any atom is 0.129 e. The second kappa shape index (κ2) is 4.36. The Balaban J connectivity index is 2.79. The van der Waals surface area contributed by atoms with E-state index in [1.165, 1.54) is 12.8 Å². The number of aromatic nitrogens is 2. The highest BCUT2D eigenvalue weighted by atomic mass is 32.1. The first-order valence-corrected chi connectivity index (χ1v) is 4.70. The Kier molecular flexibility index (Phi) is 3.41. The molecule has 1 heterocycles. The summed E-state index contributed by atoms with van der Waals surface area (Å²) in [5, 5.41) is 0. The normalized spacial score (nSPS) is 10.2. The summed E-state index contributed by atoms with van der Waals surface area (Å²) in [6, 6.07) is 1.88. The van der Waals surface area contributed by atoms with Crippen molar-refractivity contribution in [2.45, 2.75) is 33.1 Å². The van der Waals surface area contributed by atoms with E-state index in [0.717, 1.165) is 17.9 Å². The molecule has 1 N–H and O–H groups in total. The third-order valence-electron chi connectivity index (χ3n) is 1.69. The fourth-order valence-corrected chi connectivity index (χ4v) is 1.39. The Hall–Kier alpha value is -0.700. The maximum atomic E-state index is 5.01. The number of hydrogen-bond donors (Lipinski definition) is 1. The molecule has 0 radical (unpaired) electrons. The Morgan fingerprint density at radius 1 is 1.58 bits per heavy atom. The number of hydrogen-bond acceptors (Lipinski definition) is 2. The molecule has 0 saturated heterocycles. The molecular weight excluding hydrogens is 168 g/mol. The number of nitrogens with zero attached hydrogens (tertiary/aromatic N) is 1. The van der Waals surface area contributed by atoms with Crippen LogP contribution < -0.4 is 0 Å². The smallest absolute Gasteiger partial charge is 0.129 e. The molecule has 0 atom stereocenters. The average Bonchev–Trinajstić information content (AvgIpc) is 1.99. The minimum atomic E-state index is 0.692. The number of aryl methyl sites for hydroxylation is 2. The number of nitrogens with one attached hydrogen (secondary N) is 1. The summed E-state index contributed by atoms with van der Waals surface area (Å²) >= 11 is 5.01. The van der Waals surface area contributed by atoms with Crippen LogP contribution in [0.15, 0.2) is 6.07 Å². The second-order valence-corrected chi connectivity index (χ2v) is 3.37. The summed E-state index contributed by atoms with van der Waals surface area (Å²) in [6.07, 6.45) is 3.36.